The highest BCUT2D eigenvalue weighted by atomic mass is 16.5. The maximum atomic E-state index is 11.8. The molecule has 0 radical (unpaired) electrons. The van der Waals surface area contributed by atoms with Crippen molar-refractivity contribution in [2.24, 2.45) is 0 Å². The average Bonchev–Trinajstić information content (AvgIpc) is 2.53. The molecule has 0 spiro atoms. The second kappa shape index (κ2) is 5.68. The van der Waals surface area contributed by atoms with Crippen LogP contribution in [0.3, 0.4) is 0 Å². The van der Waals surface area contributed by atoms with Gasteiger partial charge in [0.15, 0.2) is 0 Å². The highest BCUT2D eigenvalue weighted by molar-refractivity contribution is 5.93. The number of carbonyl (C=O) groups excluding carboxylic acids is 1. The smallest absolute Gasteiger partial charge is 0.337 e. The molecule has 0 fully saturated rings. The van der Waals surface area contributed by atoms with Crippen LogP contribution in [0.2, 0.25) is 0 Å². The number of esters is 1. The van der Waals surface area contributed by atoms with Crippen LogP contribution in [0.15, 0.2) is 48.5 Å². The summed E-state index contributed by atoms with van der Waals surface area (Å²) in [7, 11) is 1.39. The molecule has 0 saturated heterocycles. The van der Waals surface area contributed by atoms with Gasteiger partial charge in [0.2, 0.25) is 0 Å². The fourth-order valence-electron chi connectivity index (χ4n) is 2.76. The Labute approximate surface area is 130 Å². The molecule has 3 heteroatoms. The first kappa shape index (κ1) is 14.4. The van der Waals surface area contributed by atoms with E-state index >= 15 is 0 Å². The van der Waals surface area contributed by atoms with E-state index in [2.05, 4.69) is 25.1 Å². The van der Waals surface area contributed by atoms with Gasteiger partial charge in [0, 0.05) is 5.56 Å². The van der Waals surface area contributed by atoms with Crippen LogP contribution in [0.4, 0.5) is 0 Å². The van der Waals surface area contributed by atoms with E-state index in [1.807, 2.05) is 31.2 Å². The lowest BCUT2D eigenvalue weighted by atomic mass is 9.90. The second-order valence-electron chi connectivity index (χ2n) is 5.42. The molecule has 0 N–H and O–H groups in total. The van der Waals surface area contributed by atoms with E-state index in [1.54, 1.807) is 6.07 Å². The highest BCUT2D eigenvalue weighted by Crippen LogP contribution is 2.37. The maximum Gasteiger partial charge on any atom is 0.337 e. The van der Waals surface area contributed by atoms with Gasteiger partial charge in [0.1, 0.15) is 11.9 Å². The lowest BCUT2D eigenvalue weighted by Crippen LogP contribution is -2.16. The summed E-state index contributed by atoms with van der Waals surface area (Å²) in [6.45, 7) is 4.09. The second-order valence-corrected chi connectivity index (χ2v) is 5.42. The van der Waals surface area contributed by atoms with Crippen molar-refractivity contribution in [2.75, 3.05) is 7.11 Å². The summed E-state index contributed by atoms with van der Waals surface area (Å²) in [6.07, 6.45) is 2.08. The van der Waals surface area contributed by atoms with Gasteiger partial charge in [-0.15, -0.1) is 0 Å². The molecular formula is C19H18O3. The van der Waals surface area contributed by atoms with Crippen LogP contribution in [-0.4, -0.2) is 19.2 Å². The van der Waals surface area contributed by atoms with Gasteiger partial charge in [0.05, 0.1) is 12.7 Å². The van der Waals surface area contributed by atoms with Crippen molar-refractivity contribution in [3.63, 3.8) is 0 Å². The van der Waals surface area contributed by atoms with Gasteiger partial charge in [-0.25, -0.2) is 4.79 Å². The molecule has 2 aromatic carbocycles. The summed E-state index contributed by atoms with van der Waals surface area (Å²) in [5.41, 5.74) is 4.89. The van der Waals surface area contributed by atoms with Crippen LogP contribution < -0.4 is 4.74 Å². The Kier molecular flexibility index (Phi) is 3.72. The molecule has 0 aliphatic carbocycles. The molecular weight excluding hydrogens is 276 g/mol. The summed E-state index contributed by atoms with van der Waals surface area (Å²) in [5, 5.41) is 0. The Balaban J connectivity index is 2.16. The van der Waals surface area contributed by atoms with Gasteiger partial charge >= 0.3 is 5.97 Å². The minimum absolute atomic E-state index is 0.00826. The van der Waals surface area contributed by atoms with Gasteiger partial charge in [-0.3, -0.25) is 0 Å². The van der Waals surface area contributed by atoms with Crippen molar-refractivity contribution in [1.29, 1.82) is 0 Å². The van der Waals surface area contributed by atoms with E-state index in [9.17, 15) is 4.79 Å². The van der Waals surface area contributed by atoms with E-state index < -0.39 is 0 Å². The number of fused-ring (bicyclic) bond motifs is 1. The zero-order valence-electron chi connectivity index (χ0n) is 12.9. The number of ether oxygens (including phenoxy) is 2. The summed E-state index contributed by atoms with van der Waals surface area (Å²) in [5.74, 6) is 0.450. The largest absolute Gasteiger partial charge is 0.486 e. The topological polar surface area (TPSA) is 35.5 Å². The number of aryl methyl sites for hydroxylation is 1. The zero-order chi connectivity index (χ0) is 15.7. The molecule has 3 rings (SSSR count). The van der Waals surface area contributed by atoms with Crippen LogP contribution in [0.5, 0.6) is 5.75 Å². The molecule has 3 nitrogen and oxygen atoms in total. The van der Waals surface area contributed by atoms with Crippen molar-refractivity contribution < 1.29 is 14.3 Å². The molecule has 1 aliphatic heterocycles. The number of rotatable bonds is 2. The van der Waals surface area contributed by atoms with E-state index in [-0.39, 0.29) is 12.1 Å². The standard InChI is InChI=1S/C19H18O3/c1-12-6-4-5-7-15(12)16-10-13(2)22-18-9-8-14(11-17(16)18)19(20)21-3/h4-11,13H,1-3H3. The van der Waals surface area contributed by atoms with Crippen LogP contribution in [0.25, 0.3) is 5.57 Å². The Morgan fingerprint density at radius 1 is 1.14 bits per heavy atom. The van der Waals surface area contributed by atoms with Crippen LogP contribution in [0, 0.1) is 6.92 Å². The summed E-state index contributed by atoms with van der Waals surface area (Å²) < 4.78 is 10.7. The monoisotopic (exact) mass is 294 g/mol. The predicted octanol–water partition coefficient (Wildman–Crippen LogP) is 3.99. The molecule has 0 bridgehead atoms. The van der Waals surface area contributed by atoms with Gasteiger partial charge in [0.25, 0.3) is 0 Å². The first-order chi connectivity index (χ1) is 10.6. The summed E-state index contributed by atoms with van der Waals surface area (Å²) >= 11 is 0. The molecule has 1 atom stereocenters. The van der Waals surface area contributed by atoms with Gasteiger partial charge < -0.3 is 9.47 Å². The fraction of sp³-hybridized carbons (Fsp3) is 0.211. The molecule has 0 aromatic heterocycles. The molecule has 2 aromatic rings. The van der Waals surface area contributed by atoms with E-state index in [0.717, 1.165) is 22.4 Å². The van der Waals surface area contributed by atoms with Crippen LogP contribution in [-0.2, 0) is 4.74 Å². The molecule has 1 unspecified atom stereocenters. The number of methoxy groups -OCH3 is 1. The molecule has 22 heavy (non-hydrogen) atoms. The van der Waals surface area contributed by atoms with Gasteiger partial charge in [-0.05, 0) is 54.8 Å². The number of hydrogen-bond acceptors (Lipinski definition) is 3. The lowest BCUT2D eigenvalue weighted by molar-refractivity contribution is 0.0600. The van der Waals surface area contributed by atoms with Crippen LogP contribution in [0.1, 0.15) is 34.0 Å². The zero-order valence-corrected chi connectivity index (χ0v) is 12.9. The molecule has 0 saturated carbocycles. The third-order valence-corrected chi connectivity index (χ3v) is 3.84. The van der Waals surface area contributed by atoms with Crippen molar-refractivity contribution in [3.05, 3.63) is 70.8 Å². The lowest BCUT2D eigenvalue weighted by Gasteiger charge is -2.24. The Morgan fingerprint density at radius 3 is 2.64 bits per heavy atom. The van der Waals surface area contributed by atoms with Gasteiger partial charge in [-0.1, -0.05) is 24.3 Å². The van der Waals surface area contributed by atoms with Crippen molar-refractivity contribution in [3.8, 4) is 5.75 Å². The first-order valence-electron chi connectivity index (χ1n) is 7.27. The minimum Gasteiger partial charge on any atom is -0.486 e. The minimum atomic E-state index is -0.342. The Hall–Kier alpha value is -2.55. The van der Waals surface area contributed by atoms with Gasteiger partial charge in [-0.2, -0.15) is 0 Å². The normalized spacial score (nSPS) is 16.3. The molecule has 0 amide bonds. The summed E-state index contributed by atoms with van der Waals surface area (Å²) in [6, 6.07) is 13.6. The predicted molar refractivity (Wildman–Crippen MR) is 86.1 cm³/mol. The Bertz CT molecular complexity index is 759. The van der Waals surface area contributed by atoms with Crippen molar-refractivity contribution in [2.45, 2.75) is 20.0 Å². The van der Waals surface area contributed by atoms with E-state index in [4.69, 9.17) is 9.47 Å². The fourth-order valence-corrected chi connectivity index (χ4v) is 2.76. The van der Waals surface area contributed by atoms with Crippen molar-refractivity contribution in [1.82, 2.24) is 0 Å². The average molecular weight is 294 g/mol. The third-order valence-electron chi connectivity index (χ3n) is 3.84. The maximum absolute atomic E-state index is 11.8. The van der Waals surface area contributed by atoms with Crippen LogP contribution >= 0.6 is 0 Å². The SMILES string of the molecule is COC(=O)c1ccc2c(c1)C(c1ccccc1C)=CC(C)O2. The number of carbonyl (C=O) groups is 1. The summed E-state index contributed by atoms with van der Waals surface area (Å²) in [4.78, 5) is 11.8. The van der Waals surface area contributed by atoms with E-state index in [1.165, 1.54) is 12.7 Å². The highest BCUT2D eigenvalue weighted by Gasteiger charge is 2.22. The molecule has 1 aliphatic rings. The van der Waals surface area contributed by atoms with Crippen molar-refractivity contribution >= 4 is 11.5 Å². The molecule has 1 heterocycles. The number of hydrogen-bond donors (Lipinski definition) is 0. The third kappa shape index (κ3) is 2.50. The van der Waals surface area contributed by atoms with E-state index in [0.29, 0.717) is 5.56 Å². The quantitative estimate of drug-likeness (QED) is 0.785. The first-order valence-corrected chi connectivity index (χ1v) is 7.27. The number of benzene rings is 2. The molecule has 112 valence electrons. The Morgan fingerprint density at radius 2 is 1.91 bits per heavy atom.